The number of rotatable bonds is 6. The molecule has 0 saturated heterocycles. The molecule has 0 saturated carbocycles. The molecule has 0 aromatic rings. The topological polar surface area (TPSA) is 57.2 Å². The average Bonchev–Trinajstić information content (AvgIpc) is 1.96. The Labute approximate surface area is 97.0 Å². The molecule has 0 spiro atoms. The highest BCUT2D eigenvalue weighted by molar-refractivity contribution is 7.86. The largest absolute Gasteiger partial charge is 0.748 e. The Balaban J connectivity index is -0.000000202. The molecule has 0 aromatic carbocycles. The van der Waals surface area contributed by atoms with Crippen molar-refractivity contribution in [3.63, 3.8) is 0 Å². The normalized spacial score (nSPS) is 11.7. The van der Waals surface area contributed by atoms with Gasteiger partial charge in [-0.05, 0) is 13.3 Å². The molecule has 4 heteroatoms. The molecule has 0 fully saturated rings. The number of hydrogen-bond acceptors (Lipinski definition) is 3. The van der Waals surface area contributed by atoms with Crippen molar-refractivity contribution in [3.8, 4) is 0 Å². The Hall–Kier alpha value is -0.0900. The molecule has 0 heterocycles. The van der Waals surface area contributed by atoms with E-state index in [2.05, 4.69) is 6.92 Å². The molecular weight excluding hydrogens is 212 g/mol. The van der Waals surface area contributed by atoms with Gasteiger partial charge in [-0.15, -0.1) is 0 Å². The summed E-state index contributed by atoms with van der Waals surface area (Å²) in [6.45, 7) is 3.57. The first-order valence-corrected chi connectivity index (χ1v) is 5.90. The Morgan fingerprint density at radius 1 is 1.07 bits per heavy atom. The molecule has 0 aliphatic rings. The lowest BCUT2D eigenvalue weighted by Gasteiger charge is -2.15. The van der Waals surface area contributed by atoms with E-state index in [1.165, 1.54) is 6.92 Å². The van der Waals surface area contributed by atoms with Gasteiger partial charge < -0.3 is 4.55 Å². The molecule has 0 amide bonds. The summed E-state index contributed by atoms with van der Waals surface area (Å²) in [4.78, 5) is 0. The summed E-state index contributed by atoms with van der Waals surface area (Å²) in [5, 5.41) is -0.714. The summed E-state index contributed by atoms with van der Waals surface area (Å²) < 4.78 is 31.3. The van der Waals surface area contributed by atoms with E-state index >= 15 is 0 Å². The fraction of sp³-hybridized carbons (Fsp3) is 1.00. The van der Waals surface area contributed by atoms with Crippen LogP contribution in [0.5, 0.6) is 0 Å². The SMILES string of the molecule is C.C.C.CCCCCCC(C)S(=O)(=O)[O-]. The fourth-order valence-electron chi connectivity index (χ4n) is 1.00. The average molecular weight is 241 g/mol. The summed E-state index contributed by atoms with van der Waals surface area (Å²) in [5.41, 5.74) is 0. The molecule has 0 aliphatic heterocycles. The van der Waals surface area contributed by atoms with Crippen molar-refractivity contribution in [3.05, 3.63) is 0 Å². The molecular formula is C11H29O3S-. The van der Waals surface area contributed by atoms with Crippen molar-refractivity contribution in [1.82, 2.24) is 0 Å². The monoisotopic (exact) mass is 241 g/mol. The van der Waals surface area contributed by atoms with Crippen molar-refractivity contribution < 1.29 is 13.0 Å². The Bertz CT molecular complexity index is 198. The lowest BCUT2D eigenvalue weighted by molar-refractivity contribution is 0.444. The second-order valence-electron chi connectivity index (χ2n) is 3.15. The minimum atomic E-state index is -4.04. The predicted octanol–water partition coefficient (Wildman–Crippen LogP) is 3.80. The summed E-state index contributed by atoms with van der Waals surface area (Å²) in [5.74, 6) is 0. The predicted molar refractivity (Wildman–Crippen MR) is 68.1 cm³/mol. The van der Waals surface area contributed by atoms with E-state index in [-0.39, 0.29) is 22.3 Å². The molecule has 0 aromatic heterocycles. The zero-order chi connectivity index (χ0) is 9.61. The molecule has 1 unspecified atom stereocenters. The van der Waals surface area contributed by atoms with Gasteiger partial charge in [0.15, 0.2) is 0 Å². The van der Waals surface area contributed by atoms with Crippen LogP contribution in [0.2, 0.25) is 0 Å². The fourth-order valence-corrected chi connectivity index (χ4v) is 1.46. The molecule has 0 rings (SSSR count). The quantitative estimate of drug-likeness (QED) is 0.525. The van der Waals surface area contributed by atoms with E-state index in [1.54, 1.807) is 0 Å². The molecule has 0 radical (unpaired) electrons. The summed E-state index contributed by atoms with van der Waals surface area (Å²) in [6.07, 6.45) is 4.61. The van der Waals surface area contributed by atoms with Gasteiger partial charge in [-0.25, -0.2) is 8.42 Å². The van der Waals surface area contributed by atoms with Crippen LogP contribution in [0.15, 0.2) is 0 Å². The standard InChI is InChI=1S/C8H18O3S.3CH4/c1-3-4-5-6-7-8(2)12(9,10)11;;;/h8H,3-7H2,1-2H3,(H,9,10,11);3*1H4/p-1. The van der Waals surface area contributed by atoms with Gasteiger partial charge in [-0.1, -0.05) is 54.9 Å². The van der Waals surface area contributed by atoms with Crippen molar-refractivity contribution in [1.29, 1.82) is 0 Å². The lowest BCUT2D eigenvalue weighted by atomic mass is 10.1. The van der Waals surface area contributed by atoms with Crippen LogP contribution in [0, 0.1) is 0 Å². The number of unbranched alkanes of at least 4 members (excludes halogenated alkanes) is 3. The first-order chi connectivity index (χ1) is 5.48. The van der Waals surface area contributed by atoms with E-state index in [9.17, 15) is 13.0 Å². The van der Waals surface area contributed by atoms with Crippen molar-refractivity contribution in [2.75, 3.05) is 0 Å². The minimum Gasteiger partial charge on any atom is -0.748 e. The zero-order valence-corrected chi connectivity index (χ0v) is 8.56. The highest BCUT2D eigenvalue weighted by atomic mass is 32.2. The van der Waals surface area contributed by atoms with E-state index < -0.39 is 15.4 Å². The second-order valence-corrected chi connectivity index (χ2v) is 4.94. The van der Waals surface area contributed by atoms with Crippen LogP contribution in [0.1, 0.15) is 68.2 Å². The highest BCUT2D eigenvalue weighted by Crippen LogP contribution is 2.10. The van der Waals surface area contributed by atoms with Gasteiger partial charge in [0, 0.05) is 5.25 Å². The van der Waals surface area contributed by atoms with Gasteiger partial charge in [0.2, 0.25) is 0 Å². The van der Waals surface area contributed by atoms with Crippen LogP contribution in [0.4, 0.5) is 0 Å². The molecule has 0 N–H and O–H groups in total. The summed E-state index contributed by atoms with van der Waals surface area (Å²) in [6, 6.07) is 0. The first kappa shape index (κ1) is 24.2. The van der Waals surface area contributed by atoms with Gasteiger partial charge in [0.1, 0.15) is 0 Å². The summed E-state index contributed by atoms with van der Waals surface area (Å²) >= 11 is 0. The zero-order valence-electron chi connectivity index (χ0n) is 7.75. The third-order valence-corrected chi connectivity index (χ3v) is 3.18. The van der Waals surface area contributed by atoms with Gasteiger partial charge >= 0.3 is 0 Å². The van der Waals surface area contributed by atoms with Crippen LogP contribution in [0.25, 0.3) is 0 Å². The minimum absolute atomic E-state index is 0. The van der Waals surface area contributed by atoms with Gasteiger partial charge in [0.05, 0.1) is 10.1 Å². The van der Waals surface area contributed by atoms with Crippen LogP contribution < -0.4 is 0 Å². The molecule has 3 nitrogen and oxygen atoms in total. The van der Waals surface area contributed by atoms with Gasteiger partial charge in [-0.2, -0.15) is 0 Å². The third-order valence-electron chi connectivity index (χ3n) is 1.96. The third kappa shape index (κ3) is 13.9. The molecule has 15 heavy (non-hydrogen) atoms. The molecule has 98 valence electrons. The van der Waals surface area contributed by atoms with Crippen LogP contribution in [-0.2, 0) is 10.1 Å². The van der Waals surface area contributed by atoms with Gasteiger partial charge in [0.25, 0.3) is 0 Å². The maximum absolute atomic E-state index is 10.4. The molecule has 0 aliphatic carbocycles. The highest BCUT2D eigenvalue weighted by Gasteiger charge is 2.08. The second kappa shape index (κ2) is 12.0. The van der Waals surface area contributed by atoms with Crippen LogP contribution in [-0.4, -0.2) is 18.2 Å². The first-order valence-electron chi connectivity index (χ1n) is 4.43. The van der Waals surface area contributed by atoms with E-state index in [4.69, 9.17) is 0 Å². The maximum Gasteiger partial charge on any atom is 0.0972 e. The Morgan fingerprint density at radius 2 is 1.53 bits per heavy atom. The van der Waals surface area contributed by atoms with E-state index in [1.807, 2.05) is 0 Å². The van der Waals surface area contributed by atoms with Crippen molar-refractivity contribution in [2.45, 2.75) is 73.5 Å². The van der Waals surface area contributed by atoms with E-state index in [0.29, 0.717) is 6.42 Å². The van der Waals surface area contributed by atoms with Gasteiger partial charge in [-0.3, -0.25) is 0 Å². The Morgan fingerprint density at radius 3 is 1.87 bits per heavy atom. The van der Waals surface area contributed by atoms with Crippen molar-refractivity contribution >= 4 is 10.1 Å². The summed E-state index contributed by atoms with van der Waals surface area (Å²) in [7, 11) is -4.04. The smallest absolute Gasteiger partial charge is 0.0972 e. The molecule has 0 bridgehead atoms. The van der Waals surface area contributed by atoms with Crippen molar-refractivity contribution in [2.24, 2.45) is 0 Å². The molecule has 1 atom stereocenters. The lowest BCUT2D eigenvalue weighted by Crippen LogP contribution is -2.16. The van der Waals surface area contributed by atoms with Crippen LogP contribution >= 0.6 is 0 Å². The Kier molecular flexibility index (Phi) is 19.4. The maximum atomic E-state index is 10.4. The van der Waals surface area contributed by atoms with Crippen LogP contribution in [0.3, 0.4) is 0 Å². The number of hydrogen-bond donors (Lipinski definition) is 0. The van der Waals surface area contributed by atoms with E-state index in [0.717, 1.165) is 25.7 Å².